The van der Waals surface area contributed by atoms with Gasteiger partial charge in [0.15, 0.2) is 5.82 Å². The van der Waals surface area contributed by atoms with E-state index in [1.54, 1.807) is 17.1 Å². The molecule has 158 valence electrons. The quantitative estimate of drug-likeness (QED) is 0.558. The Morgan fingerprint density at radius 1 is 1.17 bits per heavy atom. The second-order valence-electron chi connectivity index (χ2n) is 7.23. The Morgan fingerprint density at radius 2 is 2.00 bits per heavy atom. The Labute approximate surface area is 174 Å². The fourth-order valence-corrected chi connectivity index (χ4v) is 3.59. The van der Waals surface area contributed by atoms with Crippen LogP contribution < -0.4 is 15.8 Å². The highest BCUT2D eigenvalue weighted by molar-refractivity contribution is 5.78. The highest BCUT2D eigenvalue weighted by atomic mass is 16.5. The number of hydrogen-bond acceptors (Lipinski definition) is 6. The standard InChI is InChI=1S/C21H26N6O3/c28-19(23-7-3-9-25-11-8-22-16-25)6-10-27-18-5-2-1-4-17(18)24-20(21(27)29)26-12-14-30-15-13-26/h1-2,4-5,8,11,16H,3,6-7,9-10,12-15H2,(H,23,28). The van der Waals surface area contributed by atoms with Crippen molar-refractivity contribution in [3.8, 4) is 0 Å². The van der Waals surface area contributed by atoms with Crippen molar-refractivity contribution in [2.24, 2.45) is 0 Å². The van der Waals surface area contributed by atoms with Gasteiger partial charge in [0.25, 0.3) is 5.56 Å². The summed E-state index contributed by atoms with van der Waals surface area (Å²) in [6.45, 7) is 4.13. The molecule has 1 aliphatic rings. The molecule has 30 heavy (non-hydrogen) atoms. The minimum Gasteiger partial charge on any atom is -0.378 e. The molecule has 9 heteroatoms. The van der Waals surface area contributed by atoms with Crippen molar-refractivity contribution in [3.63, 3.8) is 0 Å². The first-order valence-corrected chi connectivity index (χ1v) is 10.3. The van der Waals surface area contributed by atoms with Crippen LogP contribution in [0.3, 0.4) is 0 Å². The maximum Gasteiger partial charge on any atom is 0.294 e. The zero-order valence-corrected chi connectivity index (χ0v) is 16.9. The van der Waals surface area contributed by atoms with E-state index < -0.39 is 0 Å². The normalized spacial score (nSPS) is 14.2. The van der Waals surface area contributed by atoms with E-state index in [1.807, 2.05) is 39.9 Å². The van der Waals surface area contributed by atoms with Crippen LogP contribution in [0, 0.1) is 0 Å². The van der Waals surface area contributed by atoms with Crippen LogP contribution in [-0.4, -0.2) is 57.9 Å². The third kappa shape index (κ3) is 4.68. The molecule has 3 aromatic rings. The second kappa shape index (κ2) is 9.53. The van der Waals surface area contributed by atoms with Crippen LogP contribution in [0.25, 0.3) is 11.0 Å². The highest BCUT2D eigenvalue weighted by Gasteiger charge is 2.19. The average molecular weight is 410 g/mol. The second-order valence-corrected chi connectivity index (χ2v) is 7.23. The summed E-state index contributed by atoms with van der Waals surface area (Å²) < 4.78 is 9.03. The van der Waals surface area contributed by atoms with Crippen molar-refractivity contribution in [1.82, 2.24) is 24.4 Å². The lowest BCUT2D eigenvalue weighted by Gasteiger charge is -2.28. The third-order valence-corrected chi connectivity index (χ3v) is 5.18. The first kappa shape index (κ1) is 20.1. The number of carbonyl (C=O) groups is 1. The number of anilines is 1. The van der Waals surface area contributed by atoms with Crippen molar-refractivity contribution < 1.29 is 9.53 Å². The molecule has 9 nitrogen and oxygen atoms in total. The number of rotatable bonds is 8. The fourth-order valence-electron chi connectivity index (χ4n) is 3.59. The Balaban J connectivity index is 1.42. The number of nitrogens with one attached hydrogen (secondary N) is 1. The predicted molar refractivity (Wildman–Crippen MR) is 114 cm³/mol. The van der Waals surface area contributed by atoms with Crippen LogP contribution in [-0.2, 0) is 22.6 Å². The molecule has 2 aromatic heterocycles. The smallest absolute Gasteiger partial charge is 0.294 e. The van der Waals surface area contributed by atoms with Gasteiger partial charge in [0.1, 0.15) is 0 Å². The van der Waals surface area contributed by atoms with Crippen molar-refractivity contribution in [1.29, 1.82) is 0 Å². The first-order chi connectivity index (χ1) is 14.7. The molecule has 1 N–H and O–H groups in total. The van der Waals surface area contributed by atoms with Gasteiger partial charge in [-0.15, -0.1) is 0 Å². The van der Waals surface area contributed by atoms with E-state index in [0.29, 0.717) is 45.2 Å². The zero-order valence-electron chi connectivity index (χ0n) is 16.9. The van der Waals surface area contributed by atoms with Crippen LogP contribution in [0.5, 0.6) is 0 Å². The van der Waals surface area contributed by atoms with E-state index in [1.165, 1.54) is 0 Å². The molecule has 4 rings (SSSR count). The number of fused-ring (bicyclic) bond motifs is 1. The van der Waals surface area contributed by atoms with E-state index in [0.717, 1.165) is 24.0 Å². The average Bonchev–Trinajstić information content (AvgIpc) is 3.30. The molecule has 0 radical (unpaired) electrons. The number of carbonyl (C=O) groups excluding carboxylic acids is 1. The van der Waals surface area contributed by atoms with Crippen LogP contribution in [0.2, 0.25) is 0 Å². The van der Waals surface area contributed by atoms with E-state index in [4.69, 9.17) is 4.74 Å². The van der Waals surface area contributed by atoms with E-state index in [-0.39, 0.29) is 17.9 Å². The van der Waals surface area contributed by atoms with Crippen LogP contribution >= 0.6 is 0 Å². The number of aromatic nitrogens is 4. The summed E-state index contributed by atoms with van der Waals surface area (Å²) >= 11 is 0. The number of hydrogen-bond donors (Lipinski definition) is 1. The number of para-hydroxylation sites is 2. The Morgan fingerprint density at radius 3 is 2.80 bits per heavy atom. The third-order valence-electron chi connectivity index (χ3n) is 5.18. The van der Waals surface area contributed by atoms with Crippen molar-refractivity contribution in [2.75, 3.05) is 37.7 Å². The van der Waals surface area contributed by atoms with Gasteiger partial charge in [-0.3, -0.25) is 9.59 Å². The molecule has 0 aliphatic carbocycles. The summed E-state index contributed by atoms with van der Waals surface area (Å²) in [7, 11) is 0. The largest absolute Gasteiger partial charge is 0.378 e. The Kier molecular flexibility index (Phi) is 6.38. The lowest BCUT2D eigenvalue weighted by molar-refractivity contribution is -0.121. The van der Waals surface area contributed by atoms with Crippen LogP contribution in [0.15, 0.2) is 47.8 Å². The molecule has 1 fully saturated rings. The number of morpholine rings is 1. The molecule has 0 saturated carbocycles. The van der Waals surface area contributed by atoms with Crippen molar-refractivity contribution in [3.05, 3.63) is 53.3 Å². The number of amides is 1. The molecule has 0 bridgehead atoms. The maximum absolute atomic E-state index is 13.2. The SMILES string of the molecule is O=C(CCn1c(=O)c(N2CCOCC2)nc2ccccc21)NCCCn1ccnc1. The molecule has 1 aliphatic heterocycles. The van der Waals surface area contributed by atoms with Crippen molar-refractivity contribution in [2.45, 2.75) is 25.9 Å². The maximum atomic E-state index is 13.2. The zero-order chi connectivity index (χ0) is 20.8. The van der Waals surface area contributed by atoms with Crippen LogP contribution in [0.1, 0.15) is 12.8 Å². The number of imidazole rings is 1. The summed E-state index contributed by atoms with van der Waals surface area (Å²) in [5.74, 6) is 0.360. The lowest BCUT2D eigenvalue weighted by atomic mass is 10.2. The molecule has 1 saturated heterocycles. The van der Waals surface area contributed by atoms with Gasteiger partial charge in [-0.05, 0) is 18.6 Å². The predicted octanol–water partition coefficient (Wildman–Crippen LogP) is 1.03. The molecular weight excluding hydrogens is 384 g/mol. The molecule has 1 amide bonds. The minimum atomic E-state index is -0.163. The molecule has 0 atom stereocenters. The first-order valence-electron chi connectivity index (χ1n) is 10.3. The van der Waals surface area contributed by atoms with E-state index >= 15 is 0 Å². The van der Waals surface area contributed by atoms with E-state index in [2.05, 4.69) is 15.3 Å². The van der Waals surface area contributed by atoms with Gasteiger partial charge >= 0.3 is 0 Å². The Hall–Kier alpha value is -3.20. The summed E-state index contributed by atoms with van der Waals surface area (Å²) in [4.78, 5) is 36.1. The van der Waals surface area contributed by atoms with Gasteiger partial charge in [-0.1, -0.05) is 12.1 Å². The summed E-state index contributed by atoms with van der Waals surface area (Å²) in [5.41, 5.74) is 1.33. The molecule has 0 spiro atoms. The van der Waals surface area contributed by atoms with E-state index in [9.17, 15) is 9.59 Å². The van der Waals surface area contributed by atoms with Gasteiger partial charge in [0.05, 0.1) is 30.6 Å². The van der Waals surface area contributed by atoms with Gasteiger partial charge in [-0.2, -0.15) is 0 Å². The molecule has 0 unspecified atom stereocenters. The Bertz CT molecular complexity index is 1040. The monoisotopic (exact) mass is 410 g/mol. The number of ether oxygens (including phenoxy) is 1. The number of benzene rings is 1. The van der Waals surface area contributed by atoms with Gasteiger partial charge in [0, 0.05) is 51.5 Å². The van der Waals surface area contributed by atoms with Gasteiger partial charge in [0.2, 0.25) is 5.91 Å². The molecule has 3 heterocycles. The molecular formula is C21H26N6O3. The number of nitrogens with zero attached hydrogens (tertiary/aromatic N) is 5. The fraction of sp³-hybridized carbons (Fsp3) is 0.429. The summed E-state index contributed by atoms with van der Waals surface area (Å²) in [5, 5.41) is 2.93. The molecule has 1 aromatic carbocycles. The summed E-state index contributed by atoms with van der Waals surface area (Å²) in [6.07, 6.45) is 6.45. The van der Waals surface area contributed by atoms with Crippen molar-refractivity contribution >= 4 is 22.8 Å². The number of aryl methyl sites for hydroxylation is 2. The van der Waals surface area contributed by atoms with Crippen LogP contribution in [0.4, 0.5) is 5.82 Å². The summed E-state index contributed by atoms with van der Waals surface area (Å²) in [6, 6.07) is 7.55. The van der Waals surface area contributed by atoms with Gasteiger partial charge < -0.3 is 24.1 Å². The van der Waals surface area contributed by atoms with Gasteiger partial charge in [-0.25, -0.2) is 9.97 Å². The topological polar surface area (TPSA) is 94.3 Å². The lowest BCUT2D eigenvalue weighted by Crippen LogP contribution is -2.41. The minimum absolute atomic E-state index is 0.0682. The highest BCUT2D eigenvalue weighted by Crippen LogP contribution is 2.15.